The quantitative estimate of drug-likeness (QED) is 0.868. The summed E-state index contributed by atoms with van der Waals surface area (Å²) >= 11 is 0. The lowest BCUT2D eigenvalue weighted by Crippen LogP contribution is -2.45. The maximum atomic E-state index is 9.97. The summed E-state index contributed by atoms with van der Waals surface area (Å²) < 4.78 is 0. The maximum absolute atomic E-state index is 9.97. The van der Waals surface area contributed by atoms with E-state index in [0.29, 0.717) is 24.4 Å². The lowest BCUT2D eigenvalue weighted by Gasteiger charge is -2.33. The summed E-state index contributed by atoms with van der Waals surface area (Å²) in [5.74, 6) is 0.304. The fourth-order valence-corrected chi connectivity index (χ4v) is 2.73. The van der Waals surface area contributed by atoms with Crippen LogP contribution in [0.25, 0.3) is 0 Å². The molecule has 1 saturated heterocycles. The number of piperidine rings is 1. The number of nitrogens with one attached hydrogen (secondary N) is 1. The van der Waals surface area contributed by atoms with E-state index in [0.717, 1.165) is 24.5 Å². The van der Waals surface area contributed by atoms with Gasteiger partial charge >= 0.3 is 0 Å². The van der Waals surface area contributed by atoms with E-state index in [4.69, 9.17) is 0 Å². The van der Waals surface area contributed by atoms with Crippen LogP contribution in [0.3, 0.4) is 0 Å². The Morgan fingerprint density at radius 1 is 1.40 bits per heavy atom. The molecular formula is C16H27N3O. The minimum Gasteiger partial charge on any atom is -0.506 e. The van der Waals surface area contributed by atoms with Gasteiger partial charge in [-0.1, -0.05) is 6.42 Å². The number of pyridine rings is 1. The molecule has 0 spiro atoms. The highest BCUT2D eigenvalue weighted by Crippen LogP contribution is 2.19. The summed E-state index contributed by atoms with van der Waals surface area (Å²) in [4.78, 5) is 6.87. The van der Waals surface area contributed by atoms with E-state index in [1.165, 1.54) is 19.3 Å². The van der Waals surface area contributed by atoms with Crippen molar-refractivity contribution in [3.63, 3.8) is 0 Å². The SMILES string of the molecule is Cc1ccc(O)c(CN(CC2CCCCN2)C(C)C)n1. The Labute approximate surface area is 122 Å². The van der Waals surface area contributed by atoms with Gasteiger partial charge in [-0.15, -0.1) is 0 Å². The highest BCUT2D eigenvalue weighted by atomic mass is 16.3. The lowest BCUT2D eigenvalue weighted by atomic mass is 10.0. The molecule has 0 aliphatic carbocycles. The predicted molar refractivity (Wildman–Crippen MR) is 81.8 cm³/mol. The monoisotopic (exact) mass is 277 g/mol. The van der Waals surface area contributed by atoms with Crippen molar-refractivity contribution in [3.8, 4) is 5.75 Å². The van der Waals surface area contributed by atoms with Crippen LogP contribution in [0.15, 0.2) is 12.1 Å². The van der Waals surface area contributed by atoms with E-state index in [9.17, 15) is 5.11 Å². The van der Waals surface area contributed by atoms with E-state index in [-0.39, 0.29) is 0 Å². The van der Waals surface area contributed by atoms with Crippen LogP contribution in [0.5, 0.6) is 5.75 Å². The molecular weight excluding hydrogens is 250 g/mol. The van der Waals surface area contributed by atoms with Gasteiger partial charge in [0.15, 0.2) is 0 Å². The first kappa shape index (κ1) is 15.3. The first-order valence-corrected chi connectivity index (χ1v) is 7.69. The smallest absolute Gasteiger partial charge is 0.138 e. The average Bonchev–Trinajstić information content (AvgIpc) is 2.43. The van der Waals surface area contributed by atoms with Gasteiger partial charge in [0.05, 0.1) is 5.69 Å². The Morgan fingerprint density at radius 2 is 2.20 bits per heavy atom. The summed E-state index contributed by atoms with van der Waals surface area (Å²) in [6.07, 6.45) is 3.85. The van der Waals surface area contributed by atoms with Gasteiger partial charge in [0.25, 0.3) is 0 Å². The minimum absolute atomic E-state index is 0.304. The number of hydrogen-bond donors (Lipinski definition) is 2. The van der Waals surface area contributed by atoms with Crippen molar-refractivity contribution >= 4 is 0 Å². The van der Waals surface area contributed by atoms with Gasteiger partial charge in [-0.25, -0.2) is 0 Å². The van der Waals surface area contributed by atoms with Crippen LogP contribution in [0, 0.1) is 6.92 Å². The van der Waals surface area contributed by atoms with Gasteiger partial charge in [0.2, 0.25) is 0 Å². The third-order valence-corrected chi connectivity index (χ3v) is 4.04. The van der Waals surface area contributed by atoms with E-state index in [1.807, 2.05) is 13.0 Å². The van der Waals surface area contributed by atoms with Crippen molar-refractivity contribution in [2.75, 3.05) is 13.1 Å². The predicted octanol–water partition coefficient (Wildman–Crippen LogP) is 2.45. The third kappa shape index (κ3) is 4.18. The Bertz CT molecular complexity index is 428. The van der Waals surface area contributed by atoms with Crippen molar-refractivity contribution in [1.82, 2.24) is 15.2 Å². The van der Waals surface area contributed by atoms with Gasteiger partial charge in [-0.05, 0) is 52.3 Å². The van der Waals surface area contributed by atoms with Crippen LogP contribution < -0.4 is 5.32 Å². The maximum Gasteiger partial charge on any atom is 0.138 e. The number of hydrogen-bond acceptors (Lipinski definition) is 4. The summed E-state index contributed by atoms with van der Waals surface area (Å²) in [5.41, 5.74) is 1.74. The van der Waals surface area contributed by atoms with E-state index in [2.05, 4.69) is 29.0 Å². The second-order valence-electron chi connectivity index (χ2n) is 6.09. The van der Waals surface area contributed by atoms with Crippen LogP contribution in [-0.2, 0) is 6.54 Å². The van der Waals surface area contributed by atoms with Crippen molar-refractivity contribution in [2.45, 2.75) is 58.7 Å². The van der Waals surface area contributed by atoms with E-state index >= 15 is 0 Å². The molecule has 1 aromatic rings. The zero-order valence-corrected chi connectivity index (χ0v) is 12.9. The number of aromatic hydroxyl groups is 1. The molecule has 4 heteroatoms. The Morgan fingerprint density at radius 3 is 2.85 bits per heavy atom. The Hall–Kier alpha value is -1.13. The molecule has 0 saturated carbocycles. The molecule has 2 heterocycles. The van der Waals surface area contributed by atoms with Gasteiger partial charge < -0.3 is 10.4 Å². The summed E-state index contributed by atoms with van der Waals surface area (Å²) in [7, 11) is 0. The van der Waals surface area contributed by atoms with Crippen LogP contribution in [-0.4, -0.2) is 40.2 Å². The first-order valence-electron chi connectivity index (χ1n) is 7.69. The van der Waals surface area contributed by atoms with E-state index < -0.39 is 0 Å². The standard InChI is InChI=1S/C16H27N3O/c1-12(2)19(10-14-6-4-5-9-17-14)11-15-16(20)8-7-13(3)18-15/h7-8,12,14,17,20H,4-6,9-11H2,1-3H3. The molecule has 0 amide bonds. The van der Waals surface area contributed by atoms with Crippen molar-refractivity contribution in [2.24, 2.45) is 0 Å². The zero-order valence-electron chi connectivity index (χ0n) is 12.9. The molecule has 1 fully saturated rings. The van der Waals surface area contributed by atoms with Gasteiger partial charge in [0.1, 0.15) is 5.75 Å². The third-order valence-electron chi connectivity index (χ3n) is 4.04. The fourth-order valence-electron chi connectivity index (χ4n) is 2.73. The number of rotatable bonds is 5. The van der Waals surface area contributed by atoms with Crippen molar-refractivity contribution < 1.29 is 5.11 Å². The van der Waals surface area contributed by atoms with Crippen molar-refractivity contribution in [1.29, 1.82) is 0 Å². The van der Waals surface area contributed by atoms with Crippen LogP contribution >= 0.6 is 0 Å². The average molecular weight is 277 g/mol. The zero-order chi connectivity index (χ0) is 14.5. The normalized spacial score (nSPS) is 19.8. The second kappa shape index (κ2) is 7.04. The van der Waals surface area contributed by atoms with Crippen molar-refractivity contribution in [3.05, 3.63) is 23.5 Å². The van der Waals surface area contributed by atoms with Gasteiger partial charge in [0, 0.05) is 30.9 Å². The van der Waals surface area contributed by atoms with E-state index in [1.54, 1.807) is 6.07 Å². The second-order valence-corrected chi connectivity index (χ2v) is 6.09. The molecule has 0 aromatic carbocycles. The molecule has 1 aromatic heterocycles. The lowest BCUT2D eigenvalue weighted by molar-refractivity contribution is 0.173. The molecule has 0 bridgehead atoms. The van der Waals surface area contributed by atoms with Crippen LogP contribution in [0.2, 0.25) is 0 Å². The molecule has 1 aliphatic heterocycles. The molecule has 1 unspecified atom stereocenters. The van der Waals surface area contributed by atoms with Gasteiger partial charge in [-0.3, -0.25) is 9.88 Å². The van der Waals surface area contributed by atoms with Crippen LogP contribution in [0.4, 0.5) is 0 Å². The summed E-state index contributed by atoms with van der Waals surface area (Å²) in [6.45, 7) is 9.23. The van der Waals surface area contributed by atoms with Gasteiger partial charge in [-0.2, -0.15) is 0 Å². The molecule has 2 rings (SSSR count). The largest absolute Gasteiger partial charge is 0.506 e. The fraction of sp³-hybridized carbons (Fsp3) is 0.688. The number of aryl methyl sites for hydroxylation is 1. The highest BCUT2D eigenvalue weighted by molar-refractivity contribution is 5.27. The Kier molecular flexibility index (Phi) is 5.38. The summed E-state index contributed by atoms with van der Waals surface area (Å²) in [5, 5.41) is 13.6. The minimum atomic E-state index is 0.304. The molecule has 2 N–H and O–H groups in total. The molecule has 112 valence electrons. The number of aromatic nitrogens is 1. The van der Waals surface area contributed by atoms with Crippen LogP contribution in [0.1, 0.15) is 44.5 Å². The summed E-state index contributed by atoms with van der Waals surface area (Å²) in [6, 6.07) is 4.61. The molecule has 0 radical (unpaired) electrons. The molecule has 1 aliphatic rings. The number of nitrogens with zero attached hydrogens (tertiary/aromatic N) is 2. The molecule has 4 nitrogen and oxygen atoms in total. The first-order chi connectivity index (χ1) is 9.56. The molecule has 1 atom stereocenters. The highest BCUT2D eigenvalue weighted by Gasteiger charge is 2.20. The molecule has 20 heavy (non-hydrogen) atoms. The topological polar surface area (TPSA) is 48.4 Å². The Balaban J connectivity index is 2.02.